The van der Waals surface area contributed by atoms with Crippen LogP contribution in [0.1, 0.15) is 12.8 Å². The van der Waals surface area contributed by atoms with Crippen LogP contribution in [0.15, 0.2) is 53.0 Å². The Kier molecular flexibility index (Phi) is 9.33. The Morgan fingerprint density at radius 1 is 1.29 bits per heavy atom. The predicted molar refractivity (Wildman–Crippen MR) is 106 cm³/mol. The Morgan fingerprint density at radius 2 is 2.00 bits per heavy atom. The summed E-state index contributed by atoms with van der Waals surface area (Å²) in [5.74, 6) is -0.398. The van der Waals surface area contributed by atoms with Gasteiger partial charge in [-0.05, 0) is 24.1 Å². The van der Waals surface area contributed by atoms with Crippen LogP contribution in [-0.2, 0) is 23.7 Å². The first-order chi connectivity index (χ1) is 13.6. The molecule has 0 N–H and O–H groups in total. The molecule has 0 radical (unpaired) electrons. The Hall–Kier alpha value is -2.03. The van der Waals surface area contributed by atoms with Crippen LogP contribution < -0.4 is 0 Å². The summed E-state index contributed by atoms with van der Waals surface area (Å²) in [4.78, 5) is 16.0. The van der Waals surface area contributed by atoms with Crippen LogP contribution in [0.5, 0.6) is 0 Å². The van der Waals surface area contributed by atoms with Crippen molar-refractivity contribution >= 4 is 17.7 Å². The van der Waals surface area contributed by atoms with Crippen LogP contribution in [0.3, 0.4) is 0 Å². The summed E-state index contributed by atoms with van der Waals surface area (Å²) in [5.41, 5.74) is 8.30. The van der Waals surface area contributed by atoms with Crippen LogP contribution in [0.25, 0.3) is 10.4 Å². The lowest BCUT2D eigenvalue weighted by Gasteiger charge is -2.44. The summed E-state index contributed by atoms with van der Waals surface area (Å²) in [6.45, 7) is 3.62. The number of rotatable bonds is 10. The lowest BCUT2D eigenvalue weighted by molar-refractivity contribution is -0.224. The highest BCUT2D eigenvalue weighted by Crippen LogP contribution is 2.36. The van der Waals surface area contributed by atoms with E-state index in [0.29, 0.717) is 6.42 Å². The number of hydrogen-bond acceptors (Lipinski definition) is 7. The second-order valence-corrected chi connectivity index (χ2v) is 7.24. The van der Waals surface area contributed by atoms with Crippen molar-refractivity contribution in [2.45, 2.75) is 47.6 Å². The number of esters is 1. The number of ether oxygens (including phenoxy) is 4. The van der Waals surface area contributed by atoms with Gasteiger partial charge in [-0.25, -0.2) is 0 Å². The molecule has 0 amide bonds. The van der Waals surface area contributed by atoms with Gasteiger partial charge in [0.15, 0.2) is 6.10 Å². The number of thioether (sulfide) groups is 1. The van der Waals surface area contributed by atoms with Gasteiger partial charge in [0, 0.05) is 30.4 Å². The number of allylic oxidation sites excluding steroid dienone is 1. The van der Waals surface area contributed by atoms with E-state index in [1.807, 2.05) is 30.3 Å². The third-order valence-corrected chi connectivity index (χ3v) is 5.43. The van der Waals surface area contributed by atoms with Gasteiger partial charge in [0.1, 0.15) is 23.7 Å². The van der Waals surface area contributed by atoms with Crippen molar-refractivity contribution in [3.8, 4) is 0 Å². The Labute approximate surface area is 168 Å². The van der Waals surface area contributed by atoms with Crippen molar-refractivity contribution in [1.29, 1.82) is 0 Å². The molecule has 1 aliphatic heterocycles. The molecule has 0 saturated carbocycles. The zero-order chi connectivity index (χ0) is 20.4. The van der Waals surface area contributed by atoms with Crippen molar-refractivity contribution in [3.05, 3.63) is 53.4 Å². The third kappa shape index (κ3) is 5.98. The smallest absolute Gasteiger partial charge is 0.306 e. The minimum atomic E-state index is -0.759. The number of nitrogens with zero attached hydrogens (tertiary/aromatic N) is 3. The van der Waals surface area contributed by atoms with Crippen LogP contribution >= 0.6 is 11.8 Å². The van der Waals surface area contributed by atoms with Crippen LogP contribution in [0.4, 0.5) is 0 Å². The largest absolute Gasteiger partial charge is 0.457 e. The molecule has 28 heavy (non-hydrogen) atoms. The van der Waals surface area contributed by atoms with E-state index in [4.69, 9.17) is 24.5 Å². The van der Waals surface area contributed by atoms with Gasteiger partial charge >= 0.3 is 5.97 Å². The van der Waals surface area contributed by atoms with Crippen LogP contribution in [0, 0.1) is 0 Å². The van der Waals surface area contributed by atoms with Gasteiger partial charge in [-0.3, -0.25) is 4.79 Å². The van der Waals surface area contributed by atoms with Crippen molar-refractivity contribution < 1.29 is 23.7 Å². The van der Waals surface area contributed by atoms with Gasteiger partial charge in [0.25, 0.3) is 0 Å². The first kappa shape index (κ1) is 22.3. The van der Waals surface area contributed by atoms with E-state index in [9.17, 15) is 4.79 Å². The van der Waals surface area contributed by atoms with Crippen molar-refractivity contribution in [3.63, 3.8) is 0 Å². The maximum Gasteiger partial charge on any atom is 0.306 e. The molecule has 1 aromatic carbocycles. The number of azide groups is 1. The molecule has 1 aliphatic rings. The maximum atomic E-state index is 12.2. The SMILES string of the molecule is C=CCCC(=O)O[C@H]1[C@H](OC)[C@@H](OC)[C@H](Sc2ccccc2)O[C@@H]1CN=[N+]=[N-]. The molecule has 8 nitrogen and oxygen atoms in total. The van der Waals surface area contributed by atoms with Gasteiger partial charge in [0.2, 0.25) is 0 Å². The number of methoxy groups -OCH3 is 2. The third-order valence-electron chi connectivity index (χ3n) is 4.28. The Balaban J connectivity index is 2.24. The number of carbonyl (C=O) groups excluding carboxylic acids is 1. The minimum absolute atomic E-state index is 0.0120. The Morgan fingerprint density at radius 3 is 2.61 bits per heavy atom. The second-order valence-electron chi connectivity index (χ2n) is 6.07. The fourth-order valence-electron chi connectivity index (χ4n) is 2.96. The fourth-order valence-corrected chi connectivity index (χ4v) is 4.14. The molecule has 0 aliphatic carbocycles. The summed E-state index contributed by atoms with van der Waals surface area (Å²) in [6.07, 6.45) is -0.128. The molecule has 9 heteroatoms. The first-order valence-corrected chi connectivity index (χ1v) is 9.76. The molecule has 1 saturated heterocycles. The lowest BCUT2D eigenvalue weighted by atomic mass is 9.99. The molecule has 5 atom stereocenters. The van der Waals surface area contributed by atoms with E-state index in [0.717, 1.165) is 4.90 Å². The highest BCUT2D eigenvalue weighted by Gasteiger charge is 2.48. The topological polar surface area (TPSA) is 103 Å². The molecule has 1 aromatic rings. The Bertz CT molecular complexity index is 683. The standard InChI is InChI=1S/C19H25N3O5S/c1-4-5-11-15(23)27-16-14(12-21-22-20)26-19(18(25-3)17(16)24-2)28-13-9-7-6-8-10-13/h4,6-10,14,16-19H,1,5,11-12H2,2-3H3/t14-,16-,17+,18-,19+/m1/s1. The monoisotopic (exact) mass is 407 g/mol. The molecule has 0 aromatic heterocycles. The zero-order valence-electron chi connectivity index (χ0n) is 16.0. The molecular weight excluding hydrogens is 382 g/mol. The molecule has 2 rings (SSSR count). The molecule has 152 valence electrons. The molecule has 0 spiro atoms. The average Bonchev–Trinajstić information content (AvgIpc) is 2.72. The predicted octanol–water partition coefficient (Wildman–Crippen LogP) is 3.72. The number of benzene rings is 1. The van der Waals surface area contributed by atoms with Gasteiger partial charge in [-0.15, -0.1) is 6.58 Å². The fraction of sp³-hybridized carbons (Fsp3) is 0.526. The summed E-state index contributed by atoms with van der Waals surface area (Å²) in [6, 6.07) is 9.73. The van der Waals surface area contributed by atoms with E-state index in [-0.39, 0.29) is 13.0 Å². The first-order valence-electron chi connectivity index (χ1n) is 8.88. The van der Waals surface area contributed by atoms with Gasteiger partial charge in [0.05, 0.1) is 6.54 Å². The van der Waals surface area contributed by atoms with Crippen molar-refractivity contribution in [2.75, 3.05) is 20.8 Å². The lowest BCUT2D eigenvalue weighted by Crippen LogP contribution is -2.60. The normalized spacial score (nSPS) is 26.9. The summed E-state index contributed by atoms with van der Waals surface area (Å²) >= 11 is 1.47. The van der Waals surface area contributed by atoms with Crippen molar-refractivity contribution in [1.82, 2.24) is 0 Å². The van der Waals surface area contributed by atoms with E-state index >= 15 is 0 Å². The van der Waals surface area contributed by atoms with Crippen LogP contribution in [0.2, 0.25) is 0 Å². The van der Waals surface area contributed by atoms with E-state index in [2.05, 4.69) is 16.6 Å². The van der Waals surface area contributed by atoms with Crippen LogP contribution in [-0.4, -0.2) is 56.6 Å². The quantitative estimate of drug-likeness (QED) is 0.192. The van der Waals surface area contributed by atoms with Gasteiger partial charge < -0.3 is 18.9 Å². The molecule has 0 bridgehead atoms. The summed E-state index contributed by atoms with van der Waals surface area (Å²) in [7, 11) is 3.09. The molecule has 0 unspecified atom stereocenters. The van der Waals surface area contributed by atoms with Gasteiger partial charge in [-0.1, -0.05) is 41.2 Å². The minimum Gasteiger partial charge on any atom is -0.457 e. The van der Waals surface area contributed by atoms with Crippen molar-refractivity contribution in [2.24, 2.45) is 5.11 Å². The average molecular weight is 407 g/mol. The summed E-state index contributed by atoms with van der Waals surface area (Å²) < 4.78 is 23.1. The van der Waals surface area contributed by atoms with E-state index < -0.39 is 35.8 Å². The number of carbonyl (C=O) groups is 1. The van der Waals surface area contributed by atoms with Gasteiger partial charge in [-0.2, -0.15) is 0 Å². The molecule has 1 fully saturated rings. The van der Waals surface area contributed by atoms with E-state index in [1.54, 1.807) is 13.2 Å². The highest BCUT2D eigenvalue weighted by atomic mass is 32.2. The highest BCUT2D eigenvalue weighted by molar-refractivity contribution is 7.99. The second kappa shape index (κ2) is 11.7. The molecular formula is C19H25N3O5S. The van der Waals surface area contributed by atoms with E-state index in [1.165, 1.54) is 18.9 Å². The maximum absolute atomic E-state index is 12.2. The molecule has 1 heterocycles. The summed E-state index contributed by atoms with van der Waals surface area (Å²) in [5, 5.41) is 3.62. The zero-order valence-corrected chi connectivity index (χ0v) is 16.8. The number of hydrogen-bond donors (Lipinski definition) is 0.